The summed E-state index contributed by atoms with van der Waals surface area (Å²) in [5.74, 6) is -0.274. The summed E-state index contributed by atoms with van der Waals surface area (Å²) in [6.45, 7) is 0. The van der Waals surface area contributed by atoms with Gasteiger partial charge < -0.3 is 9.84 Å². The standard InChI is InChI=1S/C13H13ClO3/c1-17-11-5-4-9(14)8-10(11)13(12(15)16)6-2-3-7-13/h2-5,8H,6-7H2,1H3,(H,15,16). The van der Waals surface area contributed by atoms with E-state index >= 15 is 0 Å². The molecule has 0 saturated carbocycles. The Bertz CT molecular complexity index is 472. The summed E-state index contributed by atoms with van der Waals surface area (Å²) in [5, 5.41) is 10.0. The smallest absolute Gasteiger partial charge is 0.314 e. The van der Waals surface area contributed by atoms with Crippen LogP contribution in [-0.4, -0.2) is 18.2 Å². The molecule has 0 atom stereocenters. The molecule has 2 rings (SSSR count). The fourth-order valence-electron chi connectivity index (χ4n) is 2.22. The lowest BCUT2D eigenvalue weighted by Crippen LogP contribution is -2.33. The van der Waals surface area contributed by atoms with Crippen molar-refractivity contribution in [3.8, 4) is 5.75 Å². The first-order chi connectivity index (χ1) is 8.10. The summed E-state index contributed by atoms with van der Waals surface area (Å²) in [6.07, 6.45) is 4.71. The number of halogens is 1. The zero-order valence-electron chi connectivity index (χ0n) is 9.44. The third-order valence-corrected chi connectivity index (χ3v) is 3.42. The minimum atomic E-state index is -0.934. The highest BCUT2D eigenvalue weighted by Crippen LogP contribution is 2.42. The van der Waals surface area contributed by atoms with E-state index in [0.29, 0.717) is 29.2 Å². The van der Waals surface area contributed by atoms with Crippen molar-refractivity contribution in [2.24, 2.45) is 0 Å². The number of carbonyl (C=O) groups is 1. The van der Waals surface area contributed by atoms with Crippen molar-refractivity contribution in [2.45, 2.75) is 18.3 Å². The monoisotopic (exact) mass is 252 g/mol. The van der Waals surface area contributed by atoms with Gasteiger partial charge in [-0.15, -0.1) is 0 Å². The van der Waals surface area contributed by atoms with E-state index in [4.69, 9.17) is 16.3 Å². The van der Waals surface area contributed by atoms with Gasteiger partial charge in [0.25, 0.3) is 0 Å². The summed E-state index contributed by atoms with van der Waals surface area (Å²) in [7, 11) is 1.53. The topological polar surface area (TPSA) is 46.5 Å². The average Bonchev–Trinajstić information content (AvgIpc) is 2.79. The lowest BCUT2D eigenvalue weighted by Gasteiger charge is -2.26. The molecule has 0 radical (unpaired) electrons. The number of hydrogen-bond donors (Lipinski definition) is 1. The van der Waals surface area contributed by atoms with E-state index in [1.807, 2.05) is 12.2 Å². The van der Waals surface area contributed by atoms with Gasteiger partial charge in [0.15, 0.2) is 0 Å². The van der Waals surface area contributed by atoms with E-state index < -0.39 is 11.4 Å². The molecule has 0 fully saturated rings. The minimum Gasteiger partial charge on any atom is -0.496 e. The number of ether oxygens (including phenoxy) is 1. The Morgan fingerprint density at radius 2 is 2.06 bits per heavy atom. The molecule has 3 nitrogen and oxygen atoms in total. The Labute approximate surface area is 105 Å². The Morgan fingerprint density at radius 1 is 1.41 bits per heavy atom. The van der Waals surface area contributed by atoms with Gasteiger partial charge in [-0.05, 0) is 31.0 Å². The zero-order chi connectivity index (χ0) is 12.5. The van der Waals surface area contributed by atoms with Crippen LogP contribution in [0.1, 0.15) is 18.4 Å². The van der Waals surface area contributed by atoms with Crippen LogP contribution in [0.15, 0.2) is 30.4 Å². The number of carboxylic acid groups (broad SMARTS) is 1. The number of benzene rings is 1. The van der Waals surface area contributed by atoms with Gasteiger partial charge in [0.1, 0.15) is 11.2 Å². The van der Waals surface area contributed by atoms with E-state index in [0.717, 1.165) is 0 Å². The summed E-state index contributed by atoms with van der Waals surface area (Å²) < 4.78 is 5.24. The molecular formula is C13H13ClO3. The quantitative estimate of drug-likeness (QED) is 0.841. The van der Waals surface area contributed by atoms with Crippen molar-refractivity contribution >= 4 is 17.6 Å². The molecule has 17 heavy (non-hydrogen) atoms. The minimum absolute atomic E-state index is 0.471. The van der Waals surface area contributed by atoms with Crippen LogP contribution < -0.4 is 4.74 Å². The Balaban J connectivity index is 2.57. The normalized spacial score (nSPS) is 17.1. The van der Waals surface area contributed by atoms with E-state index in [1.165, 1.54) is 7.11 Å². The Kier molecular flexibility index (Phi) is 3.11. The zero-order valence-corrected chi connectivity index (χ0v) is 10.2. The number of aliphatic carboxylic acids is 1. The average molecular weight is 253 g/mol. The molecule has 0 aliphatic heterocycles. The highest BCUT2D eigenvalue weighted by atomic mass is 35.5. The van der Waals surface area contributed by atoms with E-state index in [9.17, 15) is 9.90 Å². The molecule has 4 heteroatoms. The largest absolute Gasteiger partial charge is 0.496 e. The molecule has 1 aliphatic rings. The molecule has 1 aromatic rings. The number of carboxylic acids is 1. The summed E-state index contributed by atoms with van der Waals surface area (Å²) in [4.78, 5) is 11.6. The molecule has 1 N–H and O–H groups in total. The van der Waals surface area contributed by atoms with Crippen molar-refractivity contribution in [2.75, 3.05) is 7.11 Å². The van der Waals surface area contributed by atoms with Gasteiger partial charge in [-0.2, -0.15) is 0 Å². The third-order valence-electron chi connectivity index (χ3n) is 3.19. The molecule has 0 saturated heterocycles. The molecule has 0 spiro atoms. The molecule has 0 bridgehead atoms. The molecule has 1 aliphatic carbocycles. The maximum absolute atomic E-state index is 11.6. The molecule has 0 unspecified atom stereocenters. The van der Waals surface area contributed by atoms with E-state index in [-0.39, 0.29) is 0 Å². The first-order valence-electron chi connectivity index (χ1n) is 5.32. The van der Waals surface area contributed by atoms with Gasteiger partial charge in [-0.3, -0.25) is 4.79 Å². The van der Waals surface area contributed by atoms with Crippen molar-refractivity contribution < 1.29 is 14.6 Å². The number of allylic oxidation sites excluding steroid dienone is 2. The van der Waals surface area contributed by atoms with Gasteiger partial charge in [0, 0.05) is 10.6 Å². The molecule has 0 amide bonds. The lowest BCUT2D eigenvalue weighted by atomic mass is 9.78. The second-order valence-electron chi connectivity index (χ2n) is 4.11. The molecular weight excluding hydrogens is 240 g/mol. The fraction of sp³-hybridized carbons (Fsp3) is 0.308. The van der Waals surface area contributed by atoms with Crippen LogP contribution in [0.25, 0.3) is 0 Å². The maximum Gasteiger partial charge on any atom is 0.314 e. The molecule has 90 valence electrons. The number of methoxy groups -OCH3 is 1. The first kappa shape index (κ1) is 12.0. The maximum atomic E-state index is 11.6. The number of rotatable bonds is 3. The second-order valence-corrected chi connectivity index (χ2v) is 4.55. The Morgan fingerprint density at radius 3 is 2.59 bits per heavy atom. The van der Waals surface area contributed by atoms with Crippen LogP contribution in [0, 0.1) is 0 Å². The highest BCUT2D eigenvalue weighted by molar-refractivity contribution is 6.30. The lowest BCUT2D eigenvalue weighted by molar-refractivity contribution is -0.143. The Hall–Kier alpha value is -1.48. The van der Waals surface area contributed by atoms with E-state index in [1.54, 1.807) is 18.2 Å². The van der Waals surface area contributed by atoms with Crippen LogP contribution in [0.5, 0.6) is 5.75 Å². The van der Waals surface area contributed by atoms with Crippen LogP contribution in [0.4, 0.5) is 0 Å². The third kappa shape index (κ3) is 1.91. The molecule has 0 heterocycles. The van der Waals surface area contributed by atoms with Crippen LogP contribution in [-0.2, 0) is 10.2 Å². The summed E-state index contributed by atoms with van der Waals surface area (Å²) in [6, 6.07) is 5.09. The molecule has 1 aromatic carbocycles. The first-order valence-corrected chi connectivity index (χ1v) is 5.70. The van der Waals surface area contributed by atoms with Gasteiger partial charge >= 0.3 is 5.97 Å². The van der Waals surface area contributed by atoms with Crippen molar-refractivity contribution in [3.63, 3.8) is 0 Å². The van der Waals surface area contributed by atoms with Crippen molar-refractivity contribution in [3.05, 3.63) is 40.9 Å². The van der Waals surface area contributed by atoms with Gasteiger partial charge in [0.2, 0.25) is 0 Å². The van der Waals surface area contributed by atoms with Gasteiger partial charge in [0.05, 0.1) is 7.11 Å². The number of hydrogen-bond acceptors (Lipinski definition) is 2. The SMILES string of the molecule is COc1ccc(Cl)cc1C1(C(=O)O)CC=CC1. The van der Waals surface area contributed by atoms with E-state index in [2.05, 4.69) is 0 Å². The van der Waals surface area contributed by atoms with Crippen molar-refractivity contribution in [1.82, 2.24) is 0 Å². The summed E-state index contributed by atoms with van der Waals surface area (Å²) in [5.41, 5.74) is -0.291. The van der Waals surface area contributed by atoms with Crippen LogP contribution in [0.3, 0.4) is 0 Å². The second kappa shape index (κ2) is 4.41. The summed E-state index contributed by atoms with van der Waals surface area (Å²) >= 11 is 5.95. The van der Waals surface area contributed by atoms with Crippen LogP contribution in [0.2, 0.25) is 5.02 Å². The van der Waals surface area contributed by atoms with Gasteiger partial charge in [-0.1, -0.05) is 23.8 Å². The predicted octanol–water partition coefficient (Wildman–Crippen LogP) is 3.02. The fourth-order valence-corrected chi connectivity index (χ4v) is 2.39. The predicted molar refractivity (Wildman–Crippen MR) is 65.7 cm³/mol. The highest BCUT2D eigenvalue weighted by Gasteiger charge is 2.42. The van der Waals surface area contributed by atoms with Crippen LogP contribution >= 0.6 is 11.6 Å². The molecule has 0 aromatic heterocycles. The van der Waals surface area contributed by atoms with Gasteiger partial charge in [-0.25, -0.2) is 0 Å². The van der Waals surface area contributed by atoms with Crippen molar-refractivity contribution in [1.29, 1.82) is 0 Å².